The Morgan fingerprint density at radius 3 is 2.62 bits per heavy atom. The van der Waals surface area contributed by atoms with Crippen LogP contribution in [0, 0.1) is 5.92 Å². The average Bonchev–Trinajstić information content (AvgIpc) is 3.51. The number of carbonyl (C=O) groups is 1. The van der Waals surface area contributed by atoms with Crippen molar-refractivity contribution in [3.05, 3.63) is 30.0 Å². The number of nitrogens with zero attached hydrogens (tertiary/aromatic N) is 6. The summed E-state index contributed by atoms with van der Waals surface area (Å²) in [6.07, 6.45) is 4.82. The van der Waals surface area contributed by atoms with E-state index in [-0.39, 0.29) is 30.5 Å². The average molecular weight is 536 g/mol. The number of piperidine rings is 1. The van der Waals surface area contributed by atoms with Crippen LogP contribution >= 0.6 is 0 Å². The first-order valence-corrected chi connectivity index (χ1v) is 13.9. The van der Waals surface area contributed by atoms with Crippen molar-refractivity contribution in [1.29, 1.82) is 0 Å². The van der Waals surface area contributed by atoms with Crippen LogP contribution in [0.25, 0.3) is 33.6 Å². The van der Waals surface area contributed by atoms with E-state index in [2.05, 4.69) is 36.1 Å². The molecule has 6 rings (SSSR count). The fourth-order valence-electron chi connectivity index (χ4n) is 6.10. The second-order valence-electron chi connectivity index (χ2n) is 12.3. The molecule has 2 N–H and O–H groups in total. The van der Waals surface area contributed by atoms with Gasteiger partial charge in [-0.2, -0.15) is 5.10 Å². The number of halogens is 1. The molecule has 208 valence electrons. The molecule has 2 atom stereocenters. The minimum absolute atomic E-state index is 0.0480. The maximum atomic E-state index is 14.2. The zero-order chi connectivity index (χ0) is 27.6. The van der Waals surface area contributed by atoms with Crippen LogP contribution in [0.2, 0.25) is 0 Å². The van der Waals surface area contributed by atoms with Gasteiger partial charge in [-0.15, -0.1) is 0 Å². The van der Waals surface area contributed by atoms with Gasteiger partial charge in [-0.1, -0.05) is 6.42 Å². The molecule has 9 nitrogen and oxygen atoms in total. The van der Waals surface area contributed by atoms with Gasteiger partial charge in [-0.25, -0.2) is 14.1 Å². The number of carbonyl (C=O) groups excluding carboxylic acids is 1. The first-order valence-electron chi connectivity index (χ1n) is 13.9. The number of alkyl halides is 1. The molecular formula is C29H38FN7O2. The molecule has 39 heavy (non-hydrogen) atoms. The first-order chi connectivity index (χ1) is 18.5. The minimum atomic E-state index is -1.12. The van der Waals surface area contributed by atoms with Crippen molar-refractivity contribution in [1.82, 2.24) is 28.8 Å². The summed E-state index contributed by atoms with van der Waals surface area (Å²) in [7, 11) is 3.57. The lowest BCUT2D eigenvalue weighted by Crippen LogP contribution is -2.50. The minimum Gasteiger partial charge on any atom is -0.494 e. The number of imidazole rings is 1. The molecule has 3 aromatic heterocycles. The summed E-state index contributed by atoms with van der Waals surface area (Å²) in [5, 5.41) is 5.80. The van der Waals surface area contributed by atoms with Crippen molar-refractivity contribution in [2.45, 2.75) is 70.8 Å². The predicted molar refractivity (Wildman–Crippen MR) is 150 cm³/mol. The van der Waals surface area contributed by atoms with Crippen LogP contribution in [0.15, 0.2) is 24.4 Å². The summed E-state index contributed by atoms with van der Waals surface area (Å²) in [4.78, 5) is 19.9. The summed E-state index contributed by atoms with van der Waals surface area (Å²) in [5.41, 5.74) is 9.83. The fraction of sp³-hybridized carbons (Fsp3) is 0.552. The molecule has 1 aliphatic heterocycles. The van der Waals surface area contributed by atoms with Crippen molar-refractivity contribution < 1.29 is 13.9 Å². The van der Waals surface area contributed by atoms with Crippen LogP contribution in [0.1, 0.15) is 56.8 Å². The number of likely N-dealkylation sites (tertiary alicyclic amines) is 1. The number of nitrogens with two attached hydrogens (primary N) is 1. The molecule has 1 saturated heterocycles. The second-order valence-corrected chi connectivity index (χ2v) is 12.3. The molecule has 2 fully saturated rings. The van der Waals surface area contributed by atoms with Gasteiger partial charge in [0.1, 0.15) is 23.1 Å². The third-order valence-corrected chi connectivity index (χ3v) is 8.26. The van der Waals surface area contributed by atoms with Crippen molar-refractivity contribution in [3.63, 3.8) is 0 Å². The lowest BCUT2D eigenvalue weighted by atomic mass is 9.85. The highest BCUT2D eigenvalue weighted by molar-refractivity contribution is 6.00. The number of benzene rings is 1. The highest BCUT2D eigenvalue weighted by atomic mass is 19.1. The van der Waals surface area contributed by atoms with Crippen LogP contribution in [-0.4, -0.2) is 67.1 Å². The Kier molecular flexibility index (Phi) is 6.21. The SMILES string of the molecule is COc1cc(C(=O)N2C[C@H](N)C[C@@H](F)C2)cc2nc(-c3cc4cnn(C(C)(C)C)c4n3CC3CCC3)n(C)c12. The molecule has 0 spiro atoms. The molecule has 2 aliphatic rings. The van der Waals surface area contributed by atoms with Crippen molar-refractivity contribution in [2.75, 3.05) is 20.2 Å². The highest BCUT2D eigenvalue weighted by Crippen LogP contribution is 2.38. The lowest BCUT2D eigenvalue weighted by molar-refractivity contribution is 0.0606. The largest absolute Gasteiger partial charge is 0.494 e. The van der Waals surface area contributed by atoms with E-state index in [4.69, 9.17) is 20.6 Å². The van der Waals surface area contributed by atoms with E-state index in [9.17, 15) is 9.18 Å². The van der Waals surface area contributed by atoms with Gasteiger partial charge < -0.3 is 24.5 Å². The lowest BCUT2D eigenvalue weighted by Gasteiger charge is -2.33. The normalized spacial score (nSPS) is 20.6. The summed E-state index contributed by atoms with van der Waals surface area (Å²) in [5.74, 6) is 1.72. The zero-order valence-electron chi connectivity index (χ0n) is 23.4. The summed E-state index contributed by atoms with van der Waals surface area (Å²) in [6, 6.07) is 5.31. The monoisotopic (exact) mass is 535 g/mol. The zero-order valence-corrected chi connectivity index (χ0v) is 23.4. The fourth-order valence-corrected chi connectivity index (χ4v) is 6.10. The molecule has 4 aromatic rings. The Bertz CT molecular complexity index is 1550. The van der Waals surface area contributed by atoms with E-state index < -0.39 is 6.17 Å². The van der Waals surface area contributed by atoms with Gasteiger partial charge in [-0.3, -0.25) is 4.79 Å². The Labute approximate surface area is 227 Å². The predicted octanol–water partition coefficient (Wildman–Crippen LogP) is 4.47. The molecule has 1 aliphatic carbocycles. The molecule has 10 heteroatoms. The van der Waals surface area contributed by atoms with Crippen molar-refractivity contribution >= 4 is 28.0 Å². The number of aromatic nitrogens is 5. The van der Waals surface area contributed by atoms with Gasteiger partial charge in [0.05, 0.1) is 36.6 Å². The maximum absolute atomic E-state index is 14.2. The van der Waals surface area contributed by atoms with E-state index in [1.807, 2.05) is 17.8 Å². The van der Waals surface area contributed by atoms with Gasteiger partial charge in [0.2, 0.25) is 0 Å². The second kappa shape index (κ2) is 9.36. The van der Waals surface area contributed by atoms with Crippen LogP contribution in [0.4, 0.5) is 4.39 Å². The number of hydrogen-bond acceptors (Lipinski definition) is 5. The van der Waals surface area contributed by atoms with Crippen LogP contribution < -0.4 is 10.5 Å². The van der Waals surface area contributed by atoms with E-state index >= 15 is 0 Å². The standard InChI is InChI=1S/C29H38FN7O2/c1-29(2,3)37-27-19(13-32-37)10-23(36(27)14-17-7-6-8-17)26-33-22-9-18(11-24(39-5)25(22)34(26)4)28(38)35-15-20(30)12-21(31)16-35/h9-11,13,17,20-21H,6-8,12,14-16,31H2,1-5H3/t20-,21-/m1/s1. The van der Waals surface area contributed by atoms with E-state index in [0.717, 1.165) is 34.6 Å². The van der Waals surface area contributed by atoms with Crippen molar-refractivity contribution in [3.8, 4) is 17.3 Å². The summed E-state index contributed by atoms with van der Waals surface area (Å²) < 4.78 is 26.5. The number of amides is 1. The molecule has 1 saturated carbocycles. The van der Waals surface area contributed by atoms with E-state index in [0.29, 0.717) is 29.3 Å². The van der Waals surface area contributed by atoms with Gasteiger partial charge in [0.25, 0.3) is 5.91 Å². The third-order valence-electron chi connectivity index (χ3n) is 8.26. The van der Waals surface area contributed by atoms with Crippen LogP contribution in [0.3, 0.4) is 0 Å². The molecule has 0 unspecified atom stereocenters. The number of aryl methyl sites for hydroxylation is 1. The van der Waals surface area contributed by atoms with Crippen molar-refractivity contribution in [2.24, 2.45) is 18.7 Å². The Morgan fingerprint density at radius 2 is 1.97 bits per heavy atom. The van der Waals surface area contributed by atoms with Gasteiger partial charge in [0, 0.05) is 37.1 Å². The molecule has 0 radical (unpaired) electrons. The van der Waals surface area contributed by atoms with Gasteiger partial charge in [0.15, 0.2) is 5.82 Å². The number of fused-ring (bicyclic) bond motifs is 2. The Morgan fingerprint density at radius 1 is 1.21 bits per heavy atom. The number of hydrogen-bond donors (Lipinski definition) is 1. The Hall–Kier alpha value is -3.40. The Balaban J connectivity index is 1.48. The number of rotatable bonds is 5. The van der Waals surface area contributed by atoms with Crippen LogP contribution in [0.5, 0.6) is 5.75 Å². The molecule has 1 amide bonds. The quantitative estimate of drug-likeness (QED) is 0.407. The summed E-state index contributed by atoms with van der Waals surface area (Å²) in [6.45, 7) is 7.78. The third kappa shape index (κ3) is 4.38. The number of methoxy groups -OCH3 is 1. The molecule has 0 bridgehead atoms. The smallest absolute Gasteiger partial charge is 0.254 e. The van der Waals surface area contributed by atoms with Gasteiger partial charge in [-0.05, 0) is 64.2 Å². The van der Waals surface area contributed by atoms with Crippen LogP contribution in [-0.2, 0) is 19.1 Å². The maximum Gasteiger partial charge on any atom is 0.254 e. The molecule has 4 heterocycles. The topological polar surface area (TPSA) is 96.1 Å². The first kappa shape index (κ1) is 25.9. The van der Waals surface area contributed by atoms with E-state index in [1.54, 1.807) is 19.2 Å². The van der Waals surface area contributed by atoms with E-state index in [1.165, 1.54) is 24.2 Å². The molecular weight excluding hydrogens is 497 g/mol. The summed E-state index contributed by atoms with van der Waals surface area (Å²) >= 11 is 0. The number of ether oxygens (including phenoxy) is 1. The molecule has 1 aromatic carbocycles. The van der Waals surface area contributed by atoms with Gasteiger partial charge >= 0.3 is 0 Å². The highest BCUT2D eigenvalue weighted by Gasteiger charge is 2.31.